The van der Waals surface area contributed by atoms with Gasteiger partial charge in [0, 0.05) is 13.1 Å². The number of carbonyl (C=O) groups excluding carboxylic acids is 2. The van der Waals surface area contributed by atoms with Crippen molar-refractivity contribution in [3.63, 3.8) is 0 Å². The lowest BCUT2D eigenvalue weighted by Gasteiger charge is -2.22. The van der Waals surface area contributed by atoms with Gasteiger partial charge in [-0.2, -0.15) is 0 Å². The minimum absolute atomic E-state index is 0.112. The summed E-state index contributed by atoms with van der Waals surface area (Å²) in [5, 5.41) is 11.9. The van der Waals surface area contributed by atoms with Gasteiger partial charge >= 0.3 is 11.8 Å². The van der Waals surface area contributed by atoms with Gasteiger partial charge in [0.15, 0.2) is 0 Å². The van der Waals surface area contributed by atoms with Crippen LogP contribution in [0.5, 0.6) is 0 Å². The van der Waals surface area contributed by atoms with Gasteiger partial charge in [-0.1, -0.05) is 60.7 Å². The minimum Gasteiger partial charge on any atom is -0.395 e. The van der Waals surface area contributed by atoms with E-state index in [2.05, 4.69) is 5.32 Å². The smallest absolute Gasteiger partial charge is 0.312 e. The zero-order valence-electron chi connectivity index (χ0n) is 13.7. The quantitative estimate of drug-likeness (QED) is 0.797. The molecule has 0 aliphatic rings. The molecule has 0 fully saturated rings. The maximum atomic E-state index is 12.4. The molecule has 24 heavy (non-hydrogen) atoms. The van der Waals surface area contributed by atoms with E-state index in [0.29, 0.717) is 0 Å². The maximum Gasteiger partial charge on any atom is 0.312 e. The first-order chi connectivity index (χ1) is 11.6. The van der Waals surface area contributed by atoms with Gasteiger partial charge in [0.1, 0.15) is 0 Å². The first kappa shape index (κ1) is 17.7. The van der Waals surface area contributed by atoms with Crippen molar-refractivity contribution in [1.29, 1.82) is 0 Å². The van der Waals surface area contributed by atoms with Crippen molar-refractivity contribution in [3.8, 4) is 0 Å². The van der Waals surface area contributed by atoms with Crippen molar-refractivity contribution < 1.29 is 14.7 Å². The molecule has 1 atom stereocenters. The fourth-order valence-corrected chi connectivity index (χ4v) is 2.40. The molecule has 2 N–H and O–H groups in total. The molecule has 126 valence electrons. The predicted molar refractivity (Wildman–Crippen MR) is 91.9 cm³/mol. The van der Waals surface area contributed by atoms with Crippen LogP contribution in [0.15, 0.2) is 60.7 Å². The summed E-state index contributed by atoms with van der Waals surface area (Å²) in [4.78, 5) is 26.0. The molecule has 2 rings (SSSR count). The number of aliphatic hydroxyl groups excluding tert-OH is 1. The predicted octanol–water partition coefficient (Wildman–Crippen LogP) is 1.88. The molecule has 0 heterocycles. The third kappa shape index (κ3) is 4.93. The summed E-state index contributed by atoms with van der Waals surface area (Å²) >= 11 is 0. The second kappa shape index (κ2) is 8.84. The van der Waals surface area contributed by atoms with E-state index in [0.717, 1.165) is 11.1 Å². The molecule has 5 heteroatoms. The molecule has 2 amide bonds. The Labute approximate surface area is 141 Å². The number of rotatable bonds is 6. The number of carbonyl (C=O) groups is 2. The van der Waals surface area contributed by atoms with Gasteiger partial charge in [0.25, 0.3) is 0 Å². The largest absolute Gasteiger partial charge is 0.395 e. The van der Waals surface area contributed by atoms with E-state index in [-0.39, 0.29) is 25.7 Å². The van der Waals surface area contributed by atoms with Gasteiger partial charge in [-0.05, 0) is 18.1 Å². The Kier molecular flexibility index (Phi) is 6.51. The Morgan fingerprint density at radius 3 is 2.21 bits per heavy atom. The number of benzene rings is 2. The lowest BCUT2D eigenvalue weighted by Crippen LogP contribution is -2.44. The Hall–Kier alpha value is -2.66. The van der Waals surface area contributed by atoms with Crippen LogP contribution in [0.1, 0.15) is 24.1 Å². The van der Waals surface area contributed by atoms with Crippen LogP contribution < -0.4 is 5.32 Å². The van der Waals surface area contributed by atoms with E-state index < -0.39 is 11.8 Å². The molecule has 2 aromatic carbocycles. The van der Waals surface area contributed by atoms with Gasteiger partial charge in [-0.3, -0.25) is 9.59 Å². The van der Waals surface area contributed by atoms with Gasteiger partial charge < -0.3 is 15.3 Å². The fraction of sp³-hybridized carbons (Fsp3) is 0.263. The van der Waals surface area contributed by atoms with E-state index in [1.165, 1.54) is 4.90 Å². The molecule has 1 unspecified atom stereocenters. The summed E-state index contributed by atoms with van der Waals surface area (Å²) in [5.74, 6) is -1.31. The van der Waals surface area contributed by atoms with Gasteiger partial charge in [0.05, 0.1) is 12.6 Å². The number of hydrogen-bond acceptors (Lipinski definition) is 3. The van der Waals surface area contributed by atoms with Crippen LogP contribution in [0.2, 0.25) is 0 Å². The molecule has 0 aliphatic carbocycles. The van der Waals surface area contributed by atoms with Gasteiger partial charge in [0.2, 0.25) is 0 Å². The average molecular weight is 326 g/mol. The lowest BCUT2D eigenvalue weighted by molar-refractivity contribution is -0.146. The highest BCUT2D eigenvalue weighted by Gasteiger charge is 2.23. The molecule has 0 spiro atoms. The van der Waals surface area contributed by atoms with Crippen LogP contribution >= 0.6 is 0 Å². The summed E-state index contributed by atoms with van der Waals surface area (Å²) in [6, 6.07) is 18.6. The van der Waals surface area contributed by atoms with Gasteiger partial charge in [-0.15, -0.1) is 0 Å². The minimum atomic E-state index is -0.671. The van der Waals surface area contributed by atoms with Crippen molar-refractivity contribution in [2.24, 2.45) is 0 Å². The van der Waals surface area contributed by atoms with Crippen LogP contribution in [-0.4, -0.2) is 35.0 Å². The molecule has 0 saturated carbocycles. The molecule has 0 radical (unpaired) electrons. The van der Waals surface area contributed by atoms with Crippen molar-refractivity contribution in [3.05, 3.63) is 71.8 Å². The van der Waals surface area contributed by atoms with E-state index in [9.17, 15) is 14.7 Å². The topological polar surface area (TPSA) is 69.6 Å². The van der Waals surface area contributed by atoms with Crippen LogP contribution in [0.25, 0.3) is 0 Å². The third-order valence-corrected chi connectivity index (χ3v) is 3.71. The Morgan fingerprint density at radius 1 is 1.04 bits per heavy atom. The molecule has 0 saturated heterocycles. The highest BCUT2D eigenvalue weighted by molar-refractivity contribution is 6.35. The van der Waals surface area contributed by atoms with E-state index in [1.54, 1.807) is 0 Å². The summed E-state index contributed by atoms with van der Waals surface area (Å²) in [6.45, 7) is 2.03. The van der Waals surface area contributed by atoms with Crippen molar-refractivity contribution in [2.45, 2.75) is 19.5 Å². The van der Waals surface area contributed by atoms with Gasteiger partial charge in [-0.25, -0.2) is 0 Å². The number of nitrogens with one attached hydrogen (secondary N) is 1. The number of hydrogen-bond donors (Lipinski definition) is 2. The Balaban J connectivity index is 2.01. The summed E-state index contributed by atoms with van der Waals surface area (Å²) in [5.41, 5.74) is 1.83. The van der Waals surface area contributed by atoms with Crippen molar-refractivity contribution in [1.82, 2.24) is 10.2 Å². The Bertz CT molecular complexity index is 659. The van der Waals surface area contributed by atoms with Crippen LogP contribution in [0, 0.1) is 0 Å². The first-order valence-corrected chi connectivity index (χ1v) is 7.91. The molecular weight excluding hydrogens is 304 g/mol. The summed E-state index contributed by atoms with van der Waals surface area (Å²) in [6.07, 6.45) is 0. The van der Waals surface area contributed by atoms with Crippen molar-refractivity contribution >= 4 is 11.8 Å². The highest BCUT2D eigenvalue weighted by Crippen LogP contribution is 2.11. The maximum absolute atomic E-state index is 12.4. The fourth-order valence-electron chi connectivity index (χ4n) is 2.40. The number of aliphatic hydroxyl groups is 1. The van der Waals surface area contributed by atoms with Crippen molar-refractivity contribution in [2.75, 3.05) is 13.2 Å². The number of amides is 2. The molecule has 0 aromatic heterocycles. The highest BCUT2D eigenvalue weighted by atomic mass is 16.3. The normalized spacial score (nSPS) is 11.6. The summed E-state index contributed by atoms with van der Waals surface area (Å²) < 4.78 is 0. The second-order valence-electron chi connectivity index (χ2n) is 5.54. The first-order valence-electron chi connectivity index (χ1n) is 7.91. The zero-order chi connectivity index (χ0) is 17.4. The average Bonchev–Trinajstić information content (AvgIpc) is 2.62. The number of nitrogens with zero attached hydrogens (tertiary/aromatic N) is 1. The molecular formula is C19H22N2O3. The molecule has 0 aliphatic heterocycles. The lowest BCUT2D eigenvalue weighted by atomic mass is 10.1. The van der Waals surface area contributed by atoms with Crippen LogP contribution in [-0.2, 0) is 16.1 Å². The summed E-state index contributed by atoms with van der Waals surface area (Å²) in [7, 11) is 0. The Morgan fingerprint density at radius 2 is 1.62 bits per heavy atom. The third-order valence-electron chi connectivity index (χ3n) is 3.71. The molecule has 2 aromatic rings. The zero-order valence-corrected chi connectivity index (χ0v) is 13.7. The van der Waals surface area contributed by atoms with E-state index in [1.807, 2.05) is 67.6 Å². The standard InChI is InChI=1S/C19H22N2O3/c1-15(17-10-6-3-7-11-17)20-18(23)19(24)21(12-13-22)14-16-8-4-2-5-9-16/h2-11,15,22H,12-14H2,1H3,(H,20,23). The van der Waals surface area contributed by atoms with Crippen LogP contribution in [0.4, 0.5) is 0 Å². The monoisotopic (exact) mass is 326 g/mol. The van der Waals surface area contributed by atoms with E-state index >= 15 is 0 Å². The SMILES string of the molecule is CC(NC(=O)C(=O)N(CCO)Cc1ccccc1)c1ccccc1. The van der Waals surface area contributed by atoms with Crippen LogP contribution in [0.3, 0.4) is 0 Å². The van der Waals surface area contributed by atoms with E-state index in [4.69, 9.17) is 0 Å². The second-order valence-corrected chi connectivity index (χ2v) is 5.54. The molecule has 5 nitrogen and oxygen atoms in total. The molecule has 0 bridgehead atoms.